The van der Waals surface area contributed by atoms with Crippen molar-refractivity contribution in [2.75, 3.05) is 6.26 Å². The maximum Gasteiger partial charge on any atom is 0.338 e. The second-order valence-electron chi connectivity index (χ2n) is 6.05. The first-order valence-corrected chi connectivity index (χ1v) is 9.90. The largest absolute Gasteiger partial charge is 0.449 e. The van der Waals surface area contributed by atoms with E-state index in [-0.39, 0.29) is 10.5 Å². The third kappa shape index (κ3) is 5.42. The summed E-state index contributed by atoms with van der Waals surface area (Å²) in [7, 11) is -3.43. The molecule has 0 saturated carbocycles. The SMILES string of the molecule is Cc1ccc(CNC(=O)C(C)OC(=O)c2cccc(S(C)(=O)=O)c2)cc1. The van der Waals surface area contributed by atoms with Gasteiger partial charge in [-0.2, -0.15) is 0 Å². The first-order valence-electron chi connectivity index (χ1n) is 8.01. The summed E-state index contributed by atoms with van der Waals surface area (Å²) in [4.78, 5) is 24.3. The van der Waals surface area contributed by atoms with Crippen LogP contribution in [0.3, 0.4) is 0 Å². The highest BCUT2D eigenvalue weighted by molar-refractivity contribution is 7.90. The third-order valence-corrected chi connectivity index (χ3v) is 4.85. The Hall–Kier alpha value is -2.67. The fraction of sp³-hybridized carbons (Fsp3) is 0.263. The van der Waals surface area contributed by atoms with Crippen molar-refractivity contribution in [1.82, 2.24) is 5.32 Å². The van der Waals surface area contributed by atoms with E-state index in [0.717, 1.165) is 17.4 Å². The zero-order chi connectivity index (χ0) is 19.3. The lowest BCUT2D eigenvalue weighted by Crippen LogP contribution is -2.35. The Morgan fingerprint density at radius 3 is 2.38 bits per heavy atom. The Morgan fingerprint density at radius 1 is 1.12 bits per heavy atom. The van der Waals surface area contributed by atoms with E-state index < -0.39 is 27.8 Å². The number of hydrogen-bond donors (Lipinski definition) is 1. The zero-order valence-corrected chi connectivity index (χ0v) is 15.7. The lowest BCUT2D eigenvalue weighted by molar-refractivity contribution is -0.129. The molecule has 26 heavy (non-hydrogen) atoms. The molecule has 0 aliphatic heterocycles. The molecular weight excluding hydrogens is 354 g/mol. The summed E-state index contributed by atoms with van der Waals surface area (Å²) < 4.78 is 28.3. The molecule has 0 fully saturated rings. The second kappa shape index (κ2) is 8.14. The number of carbonyl (C=O) groups is 2. The van der Waals surface area contributed by atoms with Gasteiger partial charge in [-0.15, -0.1) is 0 Å². The Morgan fingerprint density at radius 2 is 1.77 bits per heavy atom. The average molecular weight is 375 g/mol. The van der Waals surface area contributed by atoms with Gasteiger partial charge in [-0.25, -0.2) is 13.2 Å². The van der Waals surface area contributed by atoms with Gasteiger partial charge in [0.05, 0.1) is 10.5 Å². The van der Waals surface area contributed by atoms with Gasteiger partial charge in [-0.1, -0.05) is 35.9 Å². The minimum absolute atomic E-state index is 0.0171. The molecular formula is C19H21NO5S. The van der Waals surface area contributed by atoms with Crippen LogP contribution >= 0.6 is 0 Å². The molecule has 7 heteroatoms. The normalized spacial score (nSPS) is 12.3. The molecule has 1 atom stereocenters. The van der Waals surface area contributed by atoms with E-state index in [1.54, 1.807) is 0 Å². The summed E-state index contributed by atoms with van der Waals surface area (Å²) >= 11 is 0. The van der Waals surface area contributed by atoms with Crippen molar-refractivity contribution in [2.24, 2.45) is 0 Å². The highest BCUT2D eigenvalue weighted by atomic mass is 32.2. The van der Waals surface area contributed by atoms with Crippen LogP contribution in [0, 0.1) is 6.92 Å². The molecule has 0 aliphatic carbocycles. The molecule has 0 aliphatic rings. The molecule has 0 heterocycles. The van der Waals surface area contributed by atoms with E-state index in [2.05, 4.69) is 5.32 Å². The molecule has 0 bridgehead atoms. The van der Waals surface area contributed by atoms with Gasteiger partial charge in [0.1, 0.15) is 0 Å². The number of ether oxygens (including phenoxy) is 1. The fourth-order valence-corrected chi connectivity index (χ4v) is 2.84. The van der Waals surface area contributed by atoms with Gasteiger partial charge in [0.25, 0.3) is 5.91 Å². The summed E-state index contributed by atoms with van der Waals surface area (Å²) in [5.41, 5.74) is 2.13. The summed E-state index contributed by atoms with van der Waals surface area (Å²) in [6.45, 7) is 3.76. The molecule has 2 aromatic carbocycles. The molecule has 2 aromatic rings. The minimum atomic E-state index is -3.43. The summed E-state index contributed by atoms with van der Waals surface area (Å²) in [6.07, 6.45) is 0.0494. The van der Waals surface area contributed by atoms with Crippen LogP contribution < -0.4 is 5.32 Å². The van der Waals surface area contributed by atoms with Crippen molar-refractivity contribution in [3.63, 3.8) is 0 Å². The van der Waals surface area contributed by atoms with Crippen LogP contribution in [0.4, 0.5) is 0 Å². The number of nitrogens with one attached hydrogen (secondary N) is 1. The summed E-state index contributed by atoms with van der Waals surface area (Å²) in [5.74, 6) is -1.19. The molecule has 1 amide bonds. The maximum atomic E-state index is 12.2. The van der Waals surface area contributed by atoms with Crippen molar-refractivity contribution >= 4 is 21.7 Å². The fourth-order valence-electron chi connectivity index (χ4n) is 2.17. The molecule has 2 rings (SSSR count). The molecule has 0 spiro atoms. The lowest BCUT2D eigenvalue weighted by atomic mass is 10.1. The number of rotatable bonds is 6. The van der Waals surface area contributed by atoms with Gasteiger partial charge >= 0.3 is 5.97 Å². The van der Waals surface area contributed by atoms with Crippen LogP contribution in [-0.4, -0.2) is 32.7 Å². The van der Waals surface area contributed by atoms with Crippen molar-refractivity contribution in [3.05, 3.63) is 65.2 Å². The first kappa shape index (κ1) is 19.7. The Balaban J connectivity index is 1.95. The number of aryl methyl sites for hydroxylation is 1. The topological polar surface area (TPSA) is 89.5 Å². The third-order valence-electron chi connectivity index (χ3n) is 3.74. The number of hydrogen-bond acceptors (Lipinski definition) is 5. The van der Waals surface area contributed by atoms with E-state index in [4.69, 9.17) is 4.74 Å². The van der Waals surface area contributed by atoms with Crippen LogP contribution in [0.2, 0.25) is 0 Å². The molecule has 0 aromatic heterocycles. The highest BCUT2D eigenvalue weighted by Gasteiger charge is 2.19. The van der Waals surface area contributed by atoms with Gasteiger partial charge < -0.3 is 10.1 Å². The Labute approximate surface area is 153 Å². The predicted octanol–water partition coefficient (Wildman–Crippen LogP) is 2.26. The van der Waals surface area contributed by atoms with Crippen LogP contribution in [0.5, 0.6) is 0 Å². The van der Waals surface area contributed by atoms with Gasteiger partial charge in [0, 0.05) is 12.8 Å². The summed E-state index contributed by atoms with van der Waals surface area (Å²) in [6, 6.07) is 13.2. The van der Waals surface area contributed by atoms with Gasteiger partial charge in [0.2, 0.25) is 0 Å². The minimum Gasteiger partial charge on any atom is -0.449 e. The quantitative estimate of drug-likeness (QED) is 0.782. The maximum absolute atomic E-state index is 12.2. The predicted molar refractivity (Wildman–Crippen MR) is 97.5 cm³/mol. The first-order chi connectivity index (χ1) is 12.2. The van der Waals surface area contributed by atoms with Crippen molar-refractivity contribution in [1.29, 1.82) is 0 Å². The van der Waals surface area contributed by atoms with E-state index in [1.165, 1.54) is 31.2 Å². The lowest BCUT2D eigenvalue weighted by Gasteiger charge is -2.14. The molecule has 1 N–H and O–H groups in total. The van der Waals surface area contributed by atoms with Crippen molar-refractivity contribution < 1.29 is 22.7 Å². The van der Waals surface area contributed by atoms with E-state index >= 15 is 0 Å². The highest BCUT2D eigenvalue weighted by Crippen LogP contribution is 2.13. The van der Waals surface area contributed by atoms with Crippen molar-refractivity contribution in [3.8, 4) is 0 Å². The van der Waals surface area contributed by atoms with Crippen LogP contribution in [-0.2, 0) is 25.9 Å². The molecule has 0 saturated heterocycles. The smallest absolute Gasteiger partial charge is 0.338 e. The average Bonchev–Trinajstić information content (AvgIpc) is 2.60. The standard InChI is InChI=1S/C19H21NO5S/c1-13-7-9-15(10-8-13)12-20-18(21)14(2)25-19(22)16-5-4-6-17(11-16)26(3,23)24/h4-11,14H,12H2,1-3H3,(H,20,21). The summed E-state index contributed by atoms with van der Waals surface area (Å²) in [5, 5.41) is 2.70. The molecule has 1 unspecified atom stereocenters. The van der Waals surface area contributed by atoms with E-state index in [1.807, 2.05) is 31.2 Å². The number of amides is 1. The van der Waals surface area contributed by atoms with E-state index in [0.29, 0.717) is 6.54 Å². The van der Waals surface area contributed by atoms with Gasteiger partial charge in [-0.3, -0.25) is 4.79 Å². The second-order valence-corrected chi connectivity index (χ2v) is 8.07. The number of carbonyl (C=O) groups excluding carboxylic acids is 2. The van der Waals surface area contributed by atoms with Gasteiger partial charge in [0.15, 0.2) is 15.9 Å². The Bertz CT molecular complexity index is 904. The van der Waals surface area contributed by atoms with Crippen LogP contribution in [0.25, 0.3) is 0 Å². The van der Waals surface area contributed by atoms with Gasteiger partial charge in [-0.05, 0) is 37.6 Å². The zero-order valence-electron chi connectivity index (χ0n) is 14.9. The molecule has 138 valence electrons. The number of benzene rings is 2. The van der Waals surface area contributed by atoms with Crippen LogP contribution in [0.15, 0.2) is 53.4 Å². The van der Waals surface area contributed by atoms with Crippen molar-refractivity contribution in [2.45, 2.75) is 31.4 Å². The van der Waals surface area contributed by atoms with Crippen LogP contribution in [0.1, 0.15) is 28.4 Å². The Kier molecular flexibility index (Phi) is 6.15. The number of esters is 1. The molecule has 6 nitrogen and oxygen atoms in total. The monoisotopic (exact) mass is 375 g/mol. The molecule has 0 radical (unpaired) electrons. The number of sulfone groups is 1. The van der Waals surface area contributed by atoms with E-state index in [9.17, 15) is 18.0 Å².